The molecule has 4 aromatic rings. The Bertz CT molecular complexity index is 1080. The zero-order valence-electron chi connectivity index (χ0n) is 14.9. The van der Waals surface area contributed by atoms with Gasteiger partial charge in [0.2, 0.25) is 5.88 Å². The molecule has 2 N–H and O–H groups in total. The smallest absolute Gasteiger partial charge is 0.324 e. The van der Waals surface area contributed by atoms with Gasteiger partial charge in [0, 0.05) is 24.1 Å². The molecule has 0 bridgehead atoms. The van der Waals surface area contributed by atoms with Crippen molar-refractivity contribution in [2.24, 2.45) is 0 Å². The number of ether oxygens (including phenoxy) is 1. The third-order valence-corrected chi connectivity index (χ3v) is 4.58. The molecule has 2 amide bonds. The lowest BCUT2D eigenvalue weighted by atomic mass is 10.3. The zero-order valence-corrected chi connectivity index (χ0v) is 15.7. The lowest BCUT2D eigenvalue weighted by molar-refractivity contribution is 0.262. The van der Waals surface area contributed by atoms with Crippen LogP contribution < -0.4 is 15.4 Å². The molecule has 9 heteroatoms. The minimum Gasteiger partial charge on any atom is -0.439 e. The molecular weight excluding hydrogens is 376 g/mol. The summed E-state index contributed by atoms with van der Waals surface area (Å²) in [6, 6.07) is 12.2. The monoisotopic (exact) mass is 392 g/mol. The molecule has 0 radical (unpaired) electrons. The normalized spacial score (nSPS) is 10.5. The van der Waals surface area contributed by atoms with Crippen LogP contribution in [0.15, 0.2) is 66.6 Å². The first-order valence-corrected chi connectivity index (χ1v) is 9.27. The molecule has 3 aromatic heterocycles. The number of nitrogens with zero attached hydrogens (tertiary/aromatic N) is 4. The number of urea groups is 1. The van der Waals surface area contributed by atoms with Crippen molar-refractivity contribution < 1.29 is 9.53 Å². The standard InChI is InChI=1S/C19H16N6O2S/c1-13-20-8-9-25(13)16-11-17(22-12-21-16)27-15-6-4-14(5-7-15)23-19(26)24-18-3-2-10-28-18/h2-12H,1H3,(H2,23,24,26). The van der Waals surface area contributed by atoms with Gasteiger partial charge in [0.25, 0.3) is 0 Å². The third kappa shape index (κ3) is 4.15. The van der Waals surface area contributed by atoms with Crippen LogP contribution in [0.5, 0.6) is 11.6 Å². The highest BCUT2D eigenvalue weighted by Gasteiger charge is 2.07. The van der Waals surface area contributed by atoms with Gasteiger partial charge in [-0.3, -0.25) is 9.88 Å². The number of imidazole rings is 1. The maximum Gasteiger partial charge on any atom is 0.324 e. The lowest BCUT2D eigenvalue weighted by Crippen LogP contribution is -2.18. The average Bonchev–Trinajstić information content (AvgIpc) is 3.35. The summed E-state index contributed by atoms with van der Waals surface area (Å²) in [5.74, 6) is 2.50. The SMILES string of the molecule is Cc1nccn1-c1cc(Oc2ccc(NC(=O)Nc3cccs3)cc2)ncn1. The van der Waals surface area contributed by atoms with E-state index in [-0.39, 0.29) is 6.03 Å². The van der Waals surface area contributed by atoms with E-state index in [9.17, 15) is 4.79 Å². The molecule has 4 rings (SSSR count). The van der Waals surface area contributed by atoms with Crippen LogP contribution in [0, 0.1) is 6.92 Å². The molecular formula is C19H16N6O2S. The van der Waals surface area contributed by atoms with Gasteiger partial charge in [0.15, 0.2) is 0 Å². The van der Waals surface area contributed by atoms with Crippen LogP contribution in [0.3, 0.4) is 0 Å². The van der Waals surface area contributed by atoms with Gasteiger partial charge in [-0.2, -0.15) is 0 Å². The number of carbonyl (C=O) groups is 1. The third-order valence-electron chi connectivity index (χ3n) is 3.79. The molecule has 140 valence electrons. The van der Waals surface area contributed by atoms with Crippen LogP contribution in [-0.4, -0.2) is 25.6 Å². The van der Waals surface area contributed by atoms with Crippen molar-refractivity contribution in [1.82, 2.24) is 19.5 Å². The Morgan fingerprint density at radius 1 is 1.11 bits per heavy atom. The van der Waals surface area contributed by atoms with Gasteiger partial charge in [-0.15, -0.1) is 11.3 Å². The van der Waals surface area contributed by atoms with E-state index >= 15 is 0 Å². The van der Waals surface area contributed by atoms with E-state index in [0.717, 1.165) is 10.8 Å². The molecule has 0 saturated heterocycles. The van der Waals surface area contributed by atoms with Crippen LogP contribution >= 0.6 is 11.3 Å². The number of hydrogen-bond donors (Lipinski definition) is 2. The van der Waals surface area contributed by atoms with E-state index in [1.54, 1.807) is 36.5 Å². The first-order valence-electron chi connectivity index (χ1n) is 8.39. The summed E-state index contributed by atoms with van der Waals surface area (Å²) in [7, 11) is 0. The number of nitrogens with one attached hydrogen (secondary N) is 2. The van der Waals surface area contributed by atoms with Crippen LogP contribution in [0.1, 0.15) is 5.82 Å². The second-order valence-corrected chi connectivity index (χ2v) is 6.69. The molecule has 0 saturated carbocycles. The number of benzene rings is 1. The summed E-state index contributed by atoms with van der Waals surface area (Å²) in [5.41, 5.74) is 0.652. The predicted octanol–water partition coefficient (Wildman–Crippen LogP) is 4.47. The van der Waals surface area contributed by atoms with Gasteiger partial charge < -0.3 is 10.1 Å². The first kappa shape index (κ1) is 17.7. The minimum atomic E-state index is -0.299. The van der Waals surface area contributed by atoms with Crippen LogP contribution in [0.2, 0.25) is 0 Å². The average molecular weight is 392 g/mol. The van der Waals surface area contributed by atoms with Crippen LogP contribution in [0.4, 0.5) is 15.5 Å². The molecule has 0 spiro atoms. The van der Waals surface area contributed by atoms with Crippen molar-refractivity contribution in [3.63, 3.8) is 0 Å². The van der Waals surface area contributed by atoms with Crippen molar-refractivity contribution in [3.05, 3.63) is 72.4 Å². The highest BCUT2D eigenvalue weighted by atomic mass is 32.1. The fourth-order valence-electron chi connectivity index (χ4n) is 2.49. The van der Waals surface area contributed by atoms with Crippen molar-refractivity contribution in [3.8, 4) is 17.4 Å². The van der Waals surface area contributed by atoms with Gasteiger partial charge >= 0.3 is 6.03 Å². The zero-order chi connectivity index (χ0) is 19.3. The first-order chi connectivity index (χ1) is 13.7. The van der Waals surface area contributed by atoms with E-state index in [0.29, 0.717) is 23.1 Å². The molecule has 0 atom stereocenters. The molecule has 28 heavy (non-hydrogen) atoms. The van der Waals surface area contributed by atoms with Crippen molar-refractivity contribution in [1.29, 1.82) is 0 Å². The molecule has 0 unspecified atom stereocenters. The summed E-state index contributed by atoms with van der Waals surface area (Å²) >= 11 is 1.46. The van der Waals surface area contributed by atoms with Crippen molar-refractivity contribution >= 4 is 28.1 Å². The Balaban J connectivity index is 1.41. The summed E-state index contributed by atoms with van der Waals surface area (Å²) < 4.78 is 7.63. The van der Waals surface area contributed by atoms with E-state index in [2.05, 4.69) is 25.6 Å². The Morgan fingerprint density at radius 2 is 1.96 bits per heavy atom. The largest absolute Gasteiger partial charge is 0.439 e. The highest BCUT2D eigenvalue weighted by Crippen LogP contribution is 2.23. The fourth-order valence-corrected chi connectivity index (χ4v) is 3.10. The number of anilines is 2. The summed E-state index contributed by atoms with van der Waals surface area (Å²) in [6.07, 6.45) is 4.97. The van der Waals surface area contributed by atoms with E-state index in [1.165, 1.54) is 17.7 Å². The van der Waals surface area contributed by atoms with Crippen LogP contribution in [0.25, 0.3) is 5.82 Å². The van der Waals surface area contributed by atoms with Gasteiger partial charge in [-0.25, -0.2) is 19.7 Å². The molecule has 0 aliphatic heterocycles. The van der Waals surface area contributed by atoms with Crippen molar-refractivity contribution in [2.75, 3.05) is 10.6 Å². The highest BCUT2D eigenvalue weighted by molar-refractivity contribution is 7.14. The number of carbonyl (C=O) groups excluding carboxylic acids is 1. The maximum absolute atomic E-state index is 12.0. The van der Waals surface area contributed by atoms with Gasteiger partial charge in [-0.1, -0.05) is 0 Å². The molecule has 0 fully saturated rings. The van der Waals surface area contributed by atoms with Gasteiger partial charge in [0.05, 0.1) is 5.00 Å². The van der Waals surface area contributed by atoms with Crippen molar-refractivity contribution in [2.45, 2.75) is 6.92 Å². The van der Waals surface area contributed by atoms with E-state index < -0.39 is 0 Å². The number of thiophene rings is 1. The Kier molecular flexibility index (Phi) is 4.98. The molecule has 3 heterocycles. The maximum atomic E-state index is 12.0. The second-order valence-electron chi connectivity index (χ2n) is 5.74. The predicted molar refractivity (Wildman–Crippen MR) is 107 cm³/mol. The number of aryl methyl sites for hydroxylation is 1. The Labute approximate surface area is 164 Å². The fraction of sp³-hybridized carbons (Fsp3) is 0.0526. The molecule has 1 aromatic carbocycles. The van der Waals surface area contributed by atoms with E-state index in [4.69, 9.17) is 4.74 Å². The summed E-state index contributed by atoms with van der Waals surface area (Å²) in [4.78, 5) is 24.5. The summed E-state index contributed by atoms with van der Waals surface area (Å²) in [5, 5.41) is 8.21. The molecule has 0 aliphatic carbocycles. The van der Waals surface area contributed by atoms with Crippen LogP contribution in [-0.2, 0) is 0 Å². The number of amides is 2. The molecule has 8 nitrogen and oxygen atoms in total. The number of hydrogen-bond acceptors (Lipinski definition) is 6. The number of aromatic nitrogens is 4. The quantitative estimate of drug-likeness (QED) is 0.523. The Morgan fingerprint density at radius 3 is 2.68 bits per heavy atom. The lowest BCUT2D eigenvalue weighted by Gasteiger charge is -2.09. The topological polar surface area (TPSA) is 94.0 Å². The number of rotatable bonds is 5. The summed E-state index contributed by atoms with van der Waals surface area (Å²) in [6.45, 7) is 1.89. The minimum absolute atomic E-state index is 0.299. The van der Waals surface area contributed by atoms with Gasteiger partial charge in [-0.05, 0) is 48.7 Å². The van der Waals surface area contributed by atoms with E-state index in [1.807, 2.05) is 35.2 Å². The van der Waals surface area contributed by atoms with Gasteiger partial charge in [0.1, 0.15) is 23.7 Å². The second kappa shape index (κ2) is 7.89. The Hall–Kier alpha value is -3.72. The molecule has 0 aliphatic rings.